The van der Waals surface area contributed by atoms with Gasteiger partial charge in [0.2, 0.25) is 15.9 Å². The van der Waals surface area contributed by atoms with Crippen LogP contribution in [0, 0.1) is 17.7 Å². The van der Waals surface area contributed by atoms with Gasteiger partial charge in [-0.25, -0.2) is 27.5 Å². The minimum atomic E-state index is -4.10. The Balaban J connectivity index is 1.39. The molecule has 2 heterocycles. The highest BCUT2D eigenvalue weighted by Crippen LogP contribution is 2.61. The number of carbonyl (C=O) groups excluding carboxylic acids is 1. The molecule has 2 fully saturated rings. The van der Waals surface area contributed by atoms with Gasteiger partial charge in [0.05, 0.1) is 11.7 Å². The van der Waals surface area contributed by atoms with Crippen molar-refractivity contribution >= 4 is 32.4 Å². The van der Waals surface area contributed by atoms with Crippen LogP contribution in [0.15, 0.2) is 53.4 Å². The second-order valence-corrected chi connectivity index (χ2v) is 12.3. The first kappa shape index (κ1) is 25.0. The number of anilines is 1. The Bertz CT molecular complexity index is 1290. The first-order chi connectivity index (χ1) is 17.4. The number of nitrogens with zero attached hydrogens (tertiary/aromatic N) is 3. The van der Waals surface area contributed by atoms with Gasteiger partial charge in [-0.05, 0) is 30.7 Å². The van der Waals surface area contributed by atoms with Crippen LogP contribution in [0.4, 0.5) is 9.52 Å². The fraction of sp³-hybridized carbons (Fsp3) is 0.480. The third-order valence-electron chi connectivity index (χ3n) is 7.47. The first-order valence-corrected chi connectivity index (χ1v) is 14.7. The standard InChI is InChI=1S/C25H30FN5O3S2/c26-22-19(8-4-9-21(22)36(33,34)29-10-5-13-31-14-11-27-17-31)25(23(32)30-24-28-12-15-35-24)16-20(25)18-6-2-1-3-7-18/h4,8-9,11-12,14-15,17-18,20,29H,1-3,5-7,10,13,16H2,(H,28,30,32)/t20-,25-/m0/s1. The molecule has 0 radical (unpaired) electrons. The Labute approximate surface area is 214 Å². The van der Waals surface area contributed by atoms with Crippen molar-refractivity contribution in [2.45, 2.75) is 61.8 Å². The minimum absolute atomic E-state index is 0.0200. The molecule has 3 aromatic rings. The van der Waals surface area contributed by atoms with Gasteiger partial charge in [0, 0.05) is 42.6 Å². The smallest absolute Gasteiger partial charge is 0.243 e. The van der Waals surface area contributed by atoms with E-state index in [0.717, 1.165) is 25.7 Å². The number of hydrogen-bond acceptors (Lipinski definition) is 6. The van der Waals surface area contributed by atoms with Crippen LogP contribution in [-0.2, 0) is 26.8 Å². The van der Waals surface area contributed by atoms with Crippen molar-refractivity contribution in [2.75, 3.05) is 11.9 Å². The SMILES string of the molecule is O=C(Nc1nccs1)[C@]1(c2cccc(S(=O)(=O)NCCCn3ccnc3)c2F)C[C@H]1C1CCCCC1. The maximum Gasteiger partial charge on any atom is 0.243 e. The summed E-state index contributed by atoms with van der Waals surface area (Å²) in [5.41, 5.74) is -0.932. The number of rotatable bonds is 10. The number of hydrogen-bond donors (Lipinski definition) is 2. The summed E-state index contributed by atoms with van der Waals surface area (Å²) in [6, 6.07) is 4.37. The first-order valence-electron chi connectivity index (χ1n) is 12.4. The number of nitrogens with one attached hydrogen (secondary N) is 2. The number of aromatic nitrogens is 3. The Hall–Kier alpha value is -2.63. The molecule has 8 nitrogen and oxygen atoms in total. The van der Waals surface area contributed by atoms with Crippen molar-refractivity contribution in [1.29, 1.82) is 0 Å². The summed E-state index contributed by atoms with van der Waals surface area (Å²) in [6.45, 7) is 0.749. The molecular formula is C25H30FN5O3S2. The predicted octanol–water partition coefficient (Wildman–Crippen LogP) is 4.32. The molecule has 1 amide bonds. The van der Waals surface area contributed by atoms with Crippen LogP contribution in [0.25, 0.3) is 0 Å². The second kappa shape index (κ2) is 10.4. The number of aryl methyl sites for hydroxylation is 1. The van der Waals surface area contributed by atoms with Crippen LogP contribution in [0.2, 0.25) is 0 Å². The zero-order chi connectivity index (χ0) is 25.2. The number of thiazole rings is 1. The minimum Gasteiger partial charge on any atom is -0.337 e. The van der Waals surface area contributed by atoms with Gasteiger partial charge in [-0.3, -0.25) is 4.79 Å². The Morgan fingerprint density at radius 3 is 2.78 bits per heavy atom. The third kappa shape index (κ3) is 4.96. The van der Waals surface area contributed by atoms with E-state index in [9.17, 15) is 13.2 Å². The number of carbonyl (C=O) groups is 1. The van der Waals surface area contributed by atoms with Crippen molar-refractivity contribution in [1.82, 2.24) is 19.3 Å². The average Bonchev–Trinajstić information content (AvgIpc) is 3.18. The van der Waals surface area contributed by atoms with Crippen molar-refractivity contribution in [3.05, 3.63) is 59.9 Å². The number of sulfonamides is 1. The molecule has 0 bridgehead atoms. The molecule has 0 saturated heterocycles. The monoisotopic (exact) mass is 531 g/mol. The lowest BCUT2D eigenvalue weighted by Crippen LogP contribution is -2.34. The second-order valence-electron chi connectivity index (χ2n) is 9.64. The molecule has 11 heteroatoms. The van der Waals surface area contributed by atoms with Crippen LogP contribution in [0.5, 0.6) is 0 Å². The van der Waals surface area contributed by atoms with E-state index in [1.54, 1.807) is 36.4 Å². The lowest BCUT2D eigenvalue weighted by Gasteiger charge is -2.26. The molecule has 0 unspecified atom stereocenters. The molecule has 2 aromatic heterocycles. The van der Waals surface area contributed by atoms with E-state index in [1.165, 1.54) is 29.9 Å². The molecule has 192 valence electrons. The zero-order valence-corrected chi connectivity index (χ0v) is 21.5. The van der Waals surface area contributed by atoms with Crippen molar-refractivity contribution in [3.8, 4) is 0 Å². The fourth-order valence-electron chi connectivity index (χ4n) is 5.61. The maximum absolute atomic E-state index is 16.0. The lowest BCUT2D eigenvalue weighted by atomic mass is 9.80. The molecule has 5 rings (SSSR count). The summed E-state index contributed by atoms with van der Waals surface area (Å²) in [4.78, 5) is 21.3. The number of benzene rings is 1. The van der Waals surface area contributed by atoms with Crippen LogP contribution in [-0.4, -0.2) is 35.4 Å². The van der Waals surface area contributed by atoms with Crippen LogP contribution < -0.4 is 10.0 Å². The predicted molar refractivity (Wildman–Crippen MR) is 136 cm³/mol. The number of amides is 1. The van der Waals surface area contributed by atoms with Crippen LogP contribution in [0.1, 0.15) is 50.5 Å². The highest BCUT2D eigenvalue weighted by molar-refractivity contribution is 7.89. The summed E-state index contributed by atoms with van der Waals surface area (Å²) in [7, 11) is -4.10. The van der Waals surface area contributed by atoms with E-state index in [-0.39, 0.29) is 23.9 Å². The van der Waals surface area contributed by atoms with Gasteiger partial charge in [0.25, 0.3) is 0 Å². The summed E-state index contributed by atoms with van der Waals surface area (Å²) in [5, 5.41) is 5.08. The third-order valence-corrected chi connectivity index (χ3v) is 9.64. The number of halogens is 1. The molecule has 2 N–H and O–H groups in total. The van der Waals surface area contributed by atoms with E-state index in [2.05, 4.69) is 20.0 Å². The van der Waals surface area contributed by atoms with Gasteiger partial charge < -0.3 is 9.88 Å². The molecule has 0 spiro atoms. The molecule has 2 saturated carbocycles. The van der Waals surface area contributed by atoms with Crippen molar-refractivity contribution in [2.24, 2.45) is 11.8 Å². The van der Waals surface area contributed by atoms with E-state index in [1.807, 2.05) is 4.57 Å². The topological polar surface area (TPSA) is 106 Å². The molecule has 1 aromatic carbocycles. The quantitative estimate of drug-likeness (QED) is 0.379. The van der Waals surface area contributed by atoms with Crippen LogP contribution >= 0.6 is 11.3 Å². The van der Waals surface area contributed by atoms with Gasteiger partial charge in [-0.2, -0.15) is 0 Å². The van der Waals surface area contributed by atoms with Crippen LogP contribution in [0.3, 0.4) is 0 Å². The van der Waals surface area contributed by atoms with Crippen molar-refractivity contribution < 1.29 is 17.6 Å². The molecule has 0 aliphatic heterocycles. The average molecular weight is 532 g/mol. The summed E-state index contributed by atoms with van der Waals surface area (Å²) in [5.74, 6) is -0.850. The van der Waals surface area contributed by atoms with Gasteiger partial charge >= 0.3 is 0 Å². The molecule has 2 aliphatic rings. The highest BCUT2D eigenvalue weighted by atomic mass is 32.2. The summed E-state index contributed by atoms with van der Waals surface area (Å²) in [6.07, 6.45) is 13.2. The Morgan fingerprint density at radius 2 is 2.06 bits per heavy atom. The Morgan fingerprint density at radius 1 is 1.22 bits per heavy atom. The number of imidazole rings is 1. The van der Waals surface area contributed by atoms with E-state index < -0.39 is 26.2 Å². The molecule has 36 heavy (non-hydrogen) atoms. The highest BCUT2D eigenvalue weighted by Gasteiger charge is 2.64. The van der Waals surface area contributed by atoms with Gasteiger partial charge in [-0.15, -0.1) is 11.3 Å². The van der Waals surface area contributed by atoms with E-state index in [0.29, 0.717) is 30.4 Å². The zero-order valence-electron chi connectivity index (χ0n) is 19.9. The molecule has 2 aliphatic carbocycles. The van der Waals surface area contributed by atoms with Gasteiger partial charge in [0.15, 0.2) is 5.13 Å². The fourth-order valence-corrected chi connectivity index (χ4v) is 7.30. The Kier molecular flexibility index (Phi) is 7.23. The molecular weight excluding hydrogens is 501 g/mol. The van der Waals surface area contributed by atoms with Crippen molar-refractivity contribution in [3.63, 3.8) is 0 Å². The lowest BCUT2D eigenvalue weighted by molar-refractivity contribution is -0.119. The normalized spacial score (nSPS) is 22.4. The maximum atomic E-state index is 16.0. The van der Waals surface area contributed by atoms with Gasteiger partial charge in [0.1, 0.15) is 10.7 Å². The molecule has 2 atom stereocenters. The largest absolute Gasteiger partial charge is 0.337 e. The van der Waals surface area contributed by atoms with E-state index in [4.69, 9.17) is 0 Å². The van der Waals surface area contributed by atoms with Gasteiger partial charge in [-0.1, -0.05) is 44.2 Å². The summed E-state index contributed by atoms with van der Waals surface area (Å²) < 4.78 is 46.4. The summed E-state index contributed by atoms with van der Waals surface area (Å²) >= 11 is 1.30. The van der Waals surface area contributed by atoms with E-state index >= 15 is 4.39 Å².